The van der Waals surface area contributed by atoms with Crippen LogP contribution in [0.4, 0.5) is 0 Å². The Morgan fingerprint density at radius 1 is 1.17 bits per heavy atom. The number of aromatic nitrogens is 2. The number of aryl methyl sites for hydroxylation is 2. The van der Waals surface area contributed by atoms with Gasteiger partial charge in [0.25, 0.3) is 0 Å². The molecule has 5 heteroatoms. The second-order valence-electron chi connectivity index (χ2n) is 5.49. The minimum absolute atomic E-state index is 0.0345. The lowest BCUT2D eigenvalue weighted by Gasteiger charge is -2.02. The van der Waals surface area contributed by atoms with E-state index in [2.05, 4.69) is 29.2 Å². The topological polar surface area (TPSA) is 65.2 Å². The van der Waals surface area contributed by atoms with E-state index in [-0.39, 0.29) is 6.61 Å². The number of rotatable bonds is 5. The second-order valence-corrected chi connectivity index (χ2v) is 5.49. The van der Waals surface area contributed by atoms with Gasteiger partial charge in [-0.05, 0) is 31.0 Å². The van der Waals surface area contributed by atoms with Crippen LogP contribution in [-0.2, 0) is 17.8 Å². The van der Waals surface area contributed by atoms with Crippen molar-refractivity contribution in [2.24, 2.45) is 0 Å². The first kappa shape index (κ1) is 15.9. The number of hydrogen-bond donors (Lipinski definition) is 0. The zero-order valence-corrected chi connectivity index (χ0v) is 13.7. The quantitative estimate of drug-likeness (QED) is 0.665. The van der Waals surface area contributed by atoms with E-state index in [1.54, 1.807) is 18.2 Å². The largest absolute Gasteiger partial charge is 0.454 e. The number of ether oxygens (including phenoxy) is 1. The Bertz CT molecular complexity index is 821. The molecule has 3 rings (SSSR count). The summed E-state index contributed by atoms with van der Waals surface area (Å²) in [5.74, 6) is 0.0609. The molecule has 0 fully saturated rings. The van der Waals surface area contributed by atoms with Crippen molar-refractivity contribution in [1.82, 2.24) is 10.1 Å². The highest BCUT2D eigenvalue weighted by molar-refractivity contribution is 5.88. The van der Waals surface area contributed by atoms with Crippen LogP contribution in [0.25, 0.3) is 11.3 Å². The molecule has 1 aromatic carbocycles. The molecule has 0 aliphatic carbocycles. The predicted octanol–water partition coefficient (Wildman–Crippen LogP) is 3.96. The van der Waals surface area contributed by atoms with Crippen LogP contribution in [0.1, 0.15) is 34.3 Å². The van der Waals surface area contributed by atoms with E-state index >= 15 is 0 Å². The summed E-state index contributed by atoms with van der Waals surface area (Å²) in [6, 6.07) is 13.4. The number of hydrogen-bond acceptors (Lipinski definition) is 5. The maximum absolute atomic E-state index is 12.0. The summed E-state index contributed by atoms with van der Waals surface area (Å²) in [6.45, 7) is 4.01. The molecule has 122 valence electrons. The predicted molar refractivity (Wildman–Crippen MR) is 89.4 cm³/mol. The molecule has 0 N–H and O–H groups in total. The average Bonchev–Trinajstić information content (AvgIpc) is 3.09. The van der Waals surface area contributed by atoms with E-state index in [0.717, 1.165) is 23.4 Å². The lowest BCUT2D eigenvalue weighted by atomic mass is 10.1. The summed E-state index contributed by atoms with van der Waals surface area (Å²) in [5.41, 5.74) is 4.22. The van der Waals surface area contributed by atoms with Crippen molar-refractivity contribution < 1.29 is 14.1 Å². The van der Waals surface area contributed by atoms with Gasteiger partial charge in [0, 0.05) is 23.5 Å². The van der Waals surface area contributed by atoms with Gasteiger partial charge in [-0.15, -0.1) is 0 Å². The zero-order chi connectivity index (χ0) is 16.9. The van der Waals surface area contributed by atoms with Crippen LogP contribution in [0.2, 0.25) is 0 Å². The average molecular weight is 322 g/mol. The number of nitrogens with zero attached hydrogens (tertiary/aromatic N) is 2. The summed E-state index contributed by atoms with van der Waals surface area (Å²) in [6.07, 6.45) is 2.49. The van der Waals surface area contributed by atoms with Gasteiger partial charge in [-0.2, -0.15) is 0 Å². The van der Waals surface area contributed by atoms with Crippen molar-refractivity contribution in [3.8, 4) is 11.3 Å². The van der Waals surface area contributed by atoms with Gasteiger partial charge in [0.15, 0.2) is 12.4 Å². The molecule has 24 heavy (non-hydrogen) atoms. The number of carbonyl (C=O) groups is 1. The highest BCUT2D eigenvalue weighted by Gasteiger charge is 2.11. The van der Waals surface area contributed by atoms with Crippen LogP contribution in [0, 0.1) is 6.92 Å². The Labute approximate surface area is 140 Å². The highest BCUT2D eigenvalue weighted by Crippen LogP contribution is 2.20. The SMILES string of the molecule is CCc1ccc(-c2cc(COC(=O)c3ccc(C)nc3)on2)cc1. The van der Waals surface area contributed by atoms with Gasteiger partial charge in [0.2, 0.25) is 0 Å². The Hall–Kier alpha value is -2.95. The van der Waals surface area contributed by atoms with Crippen LogP contribution in [-0.4, -0.2) is 16.1 Å². The molecule has 0 radical (unpaired) electrons. The van der Waals surface area contributed by atoms with Crippen LogP contribution in [0.3, 0.4) is 0 Å². The van der Waals surface area contributed by atoms with Gasteiger partial charge in [-0.3, -0.25) is 4.98 Å². The van der Waals surface area contributed by atoms with E-state index < -0.39 is 5.97 Å². The van der Waals surface area contributed by atoms with Crippen LogP contribution >= 0.6 is 0 Å². The molecule has 0 unspecified atom stereocenters. The fourth-order valence-corrected chi connectivity index (χ4v) is 2.24. The summed E-state index contributed by atoms with van der Waals surface area (Å²) in [7, 11) is 0. The van der Waals surface area contributed by atoms with Gasteiger partial charge in [0.1, 0.15) is 5.69 Å². The monoisotopic (exact) mass is 322 g/mol. The zero-order valence-electron chi connectivity index (χ0n) is 13.7. The normalized spacial score (nSPS) is 10.6. The molecule has 2 heterocycles. The molecular weight excluding hydrogens is 304 g/mol. The van der Waals surface area contributed by atoms with Crippen molar-refractivity contribution in [3.05, 3.63) is 71.2 Å². The molecule has 5 nitrogen and oxygen atoms in total. The molecule has 0 aliphatic rings. The number of pyridine rings is 1. The second kappa shape index (κ2) is 7.08. The van der Waals surface area contributed by atoms with E-state index in [4.69, 9.17) is 9.26 Å². The fraction of sp³-hybridized carbons (Fsp3) is 0.211. The van der Waals surface area contributed by atoms with Gasteiger partial charge in [-0.25, -0.2) is 4.79 Å². The molecule has 0 saturated heterocycles. The van der Waals surface area contributed by atoms with Crippen LogP contribution in [0.5, 0.6) is 0 Å². The van der Waals surface area contributed by atoms with Gasteiger partial charge >= 0.3 is 5.97 Å². The van der Waals surface area contributed by atoms with Gasteiger partial charge < -0.3 is 9.26 Å². The molecule has 2 aromatic heterocycles. The Kier molecular flexibility index (Phi) is 4.70. The number of carbonyl (C=O) groups excluding carboxylic acids is 1. The standard InChI is InChI=1S/C19H18N2O3/c1-3-14-5-8-15(9-6-14)18-10-17(24-21-18)12-23-19(22)16-7-4-13(2)20-11-16/h4-11H,3,12H2,1-2H3. The Morgan fingerprint density at radius 3 is 2.62 bits per heavy atom. The molecule has 0 saturated carbocycles. The molecule has 0 amide bonds. The molecular formula is C19H18N2O3. The third kappa shape index (κ3) is 3.68. The molecule has 0 atom stereocenters. The molecule has 0 aliphatic heterocycles. The number of esters is 1. The number of benzene rings is 1. The Balaban J connectivity index is 1.63. The van der Waals surface area contributed by atoms with E-state index in [0.29, 0.717) is 11.3 Å². The van der Waals surface area contributed by atoms with Crippen LogP contribution < -0.4 is 0 Å². The minimum atomic E-state index is -0.437. The molecule has 3 aromatic rings. The summed E-state index contributed by atoms with van der Waals surface area (Å²) >= 11 is 0. The van der Waals surface area contributed by atoms with Crippen LogP contribution in [0.15, 0.2) is 53.2 Å². The smallest absolute Gasteiger partial charge is 0.340 e. The summed E-state index contributed by atoms with van der Waals surface area (Å²) in [4.78, 5) is 16.0. The van der Waals surface area contributed by atoms with E-state index in [1.807, 2.05) is 19.1 Å². The van der Waals surface area contributed by atoms with E-state index in [1.165, 1.54) is 11.8 Å². The fourth-order valence-electron chi connectivity index (χ4n) is 2.24. The van der Waals surface area contributed by atoms with Crippen molar-refractivity contribution >= 4 is 5.97 Å². The summed E-state index contributed by atoms with van der Waals surface area (Å²) < 4.78 is 10.5. The van der Waals surface area contributed by atoms with Crippen molar-refractivity contribution in [2.45, 2.75) is 26.9 Å². The highest BCUT2D eigenvalue weighted by atomic mass is 16.5. The van der Waals surface area contributed by atoms with Gasteiger partial charge in [0.05, 0.1) is 5.56 Å². The third-order valence-electron chi connectivity index (χ3n) is 3.71. The molecule has 0 spiro atoms. The minimum Gasteiger partial charge on any atom is -0.454 e. The van der Waals surface area contributed by atoms with Crippen molar-refractivity contribution in [2.75, 3.05) is 0 Å². The van der Waals surface area contributed by atoms with E-state index in [9.17, 15) is 4.79 Å². The van der Waals surface area contributed by atoms with Crippen molar-refractivity contribution in [3.63, 3.8) is 0 Å². The first-order valence-electron chi connectivity index (χ1n) is 7.80. The van der Waals surface area contributed by atoms with Crippen molar-refractivity contribution in [1.29, 1.82) is 0 Å². The lowest BCUT2D eigenvalue weighted by Crippen LogP contribution is -2.05. The maximum atomic E-state index is 12.0. The third-order valence-corrected chi connectivity index (χ3v) is 3.71. The molecule has 0 bridgehead atoms. The summed E-state index contributed by atoms with van der Waals surface area (Å²) in [5, 5.41) is 4.03. The van der Waals surface area contributed by atoms with Gasteiger partial charge in [-0.1, -0.05) is 36.3 Å². The Morgan fingerprint density at radius 2 is 1.96 bits per heavy atom. The first-order valence-corrected chi connectivity index (χ1v) is 7.80. The maximum Gasteiger partial charge on any atom is 0.340 e. The lowest BCUT2D eigenvalue weighted by molar-refractivity contribution is 0.0437. The first-order chi connectivity index (χ1) is 11.7.